The fraction of sp³-hybridized carbons (Fsp3) is 0.652. The van der Waals surface area contributed by atoms with Crippen LogP contribution in [0.4, 0.5) is 0 Å². The molecule has 2 amide bonds. The van der Waals surface area contributed by atoms with Crippen molar-refractivity contribution in [1.29, 1.82) is 0 Å². The van der Waals surface area contributed by atoms with Crippen molar-refractivity contribution in [3.8, 4) is 0 Å². The molecule has 0 aliphatic carbocycles. The molecule has 3 N–H and O–H groups in total. The zero-order chi connectivity index (χ0) is 21.7. The molecule has 2 saturated heterocycles. The third-order valence-electron chi connectivity index (χ3n) is 6.65. The molecule has 2 fully saturated rings. The van der Waals surface area contributed by atoms with E-state index < -0.39 is 12.3 Å². The summed E-state index contributed by atoms with van der Waals surface area (Å²) in [6, 6.07) is 9.25. The summed E-state index contributed by atoms with van der Waals surface area (Å²) in [5, 5.41) is 16.2. The Hall–Kier alpha value is -1.96. The second kappa shape index (κ2) is 10.4. The number of aliphatic hydroxyl groups excluding tert-OH is 1. The van der Waals surface area contributed by atoms with Crippen LogP contribution in [-0.4, -0.2) is 77.8 Å². The summed E-state index contributed by atoms with van der Waals surface area (Å²) in [7, 11) is 1.78. The molecule has 0 saturated carbocycles. The Labute approximate surface area is 179 Å². The summed E-state index contributed by atoms with van der Waals surface area (Å²) in [6.07, 6.45) is 2.61. The Morgan fingerprint density at radius 1 is 1.17 bits per heavy atom. The molecule has 1 aromatic rings. The summed E-state index contributed by atoms with van der Waals surface area (Å²) < 4.78 is 0. The van der Waals surface area contributed by atoms with Gasteiger partial charge in [-0.2, -0.15) is 0 Å². The van der Waals surface area contributed by atoms with Gasteiger partial charge >= 0.3 is 0 Å². The quantitative estimate of drug-likeness (QED) is 0.577. The molecule has 3 rings (SSSR count). The number of fused-ring (bicyclic) bond motifs is 1. The number of likely N-dealkylation sites (N-methyl/N-ethyl adjacent to an activating group) is 1. The fourth-order valence-electron chi connectivity index (χ4n) is 4.62. The van der Waals surface area contributed by atoms with Crippen molar-refractivity contribution in [3.63, 3.8) is 0 Å². The molecule has 2 aliphatic rings. The molecule has 2 heterocycles. The lowest BCUT2D eigenvalue weighted by molar-refractivity contribution is -0.138. The third-order valence-corrected chi connectivity index (χ3v) is 6.65. The van der Waals surface area contributed by atoms with E-state index in [-0.39, 0.29) is 23.9 Å². The summed E-state index contributed by atoms with van der Waals surface area (Å²) in [5.74, 6) is 0.574. The number of rotatable bonds is 7. The molecule has 0 radical (unpaired) electrons. The SMILES string of the molecule is CN[C@@H](C)C(O)N[C@@H](C)C(=O)N1CC[C@H]2CCCN(C(=O)Cc3ccccc3)C[C@H]21. The van der Waals surface area contributed by atoms with Gasteiger partial charge in [0, 0.05) is 25.7 Å². The van der Waals surface area contributed by atoms with Crippen molar-refractivity contribution < 1.29 is 14.7 Å². The van der Waals surface area contributed by atoms with E-state index in [0.717, 1.165) is 37.9 Å². The third kappa shape index (κ3) is 5.39. The lowest BCUT2D eigenvalue weighted by Gasteiger charge is -2.33. The van der Waals surface area contributed by atoms with E-state index in [4.69, 9.17) is 0 Å². The Kier molecular flexibility index (Phi) is 7.86. The van der Waals surface area contributed by atoms with Gasteiger partial charge in [-0.25, -0.2) is 0 Å². The van der Waals surface area contributed by atoms with E-state index in [1.807, 2.05) is 47.1 Å². The summed E-state index contributed by atoms with van der Waals surface area (Å²) >= 11 is 0. The Balaban J connectivity index is 1.64. The Bertz CT molecular complexity index is 714. The van der Waals surface area contributed by atoms with Crippen LogP contribution in [0.15, 0.2) is 30.3 Å². The maximum Gasteiger partial charge on any atom is 0.239 e. The first kappa shape index (κ1) is 22.7. The van der Waals surface area contributed by atoms with Crippen LogP contribution < -0.4 is 10.6 Å². The summed E-state index contributed by atoms with van der Waals surface area (Å²) in [4.78, 5) is 30.0. The Morgan fingerprint density at radius 3 is 2.60 bits per heavy atom. The van der Waals surface area contributed by atoms with E-state index in [2.05, 4.69) is 10.6 Å². The van der Waals surface area contributed by atoms with Gasteiger partial charge in [0.2, 0.25) is 11.8 Å². The number of likely N-dealkylation sites (tertiary alicyclic amines) is 2. The van der Waals surface area contributed by atoms with Crippen LogP contribution >= 0.6 is 0 Å². The van der Waals surface area contributed by atoms with Gasteiger partial charge in [-0.15, -0.1) is 0 Å². The van der Waals surface area contributed by atoms with Crippen molar-refractivity contribution in [2.24, 2.45) is 5.92 Å². The number of nitrogens with one attached hydrogen (secondary N) is 2. The number of aliphatic hydroxyl groups is 1. The van der Waals surface area contributed by atoms with Crippen molar-refractivity contribution in [3.05, 3.63) is 35.9 Å². The highest BCUT2D eigenvalue weighted by atomic mass is 16.3. The highest BCUT2D eigenvalue weighted by Crippen LogP contribution is 2.32. The van der Waals surface area contributed by atoms with Gasteiger partial charge in [0.15, 0.2) is 0 Å². The normalized spacial score (nSPS) is 24.7. The summed E-state index contributed by atoms with van der Waals surface area (Å²) in [5.41, 5.74) is 1.02. The van der Waals surface area contributed by atoms with E-state index in [9.17, 15) is 14.7 Å². The molecule has 0 aromatic heterocycles. The average molecular weight is 417 g/mol. The molecule has 30 heavy (non-hydrogen) atoms. The van der Waals surface area contributed by atoms with Crippen LogP contribution in [0.3, 0.4) is 0 Å². The van der Waals surface area contributed by atoms with E-state index in [1.54, 1.807) is 14.0 Å². The Morgan fingerprint density at radius 2 is 1.90 bits per heavy atom. The van der Waals surface area contributed by atoms with Crippen molar-refractivity contribution in [2.75, 3.05) is 26.7 Å². The molecule has 166 valence electrons. The second-order valence-corrected chi connectivity index (χ2v) is 8.70. The number of amides is 2. The second-order valence-electron chi connectivity index (χ2n) is 8.70. The van der Waals surface area contributed by atoms with Gasteiger partial charge in [0.05, 0.1) is 18.5 Å². The molecule has 2 aliphatic heterocycles. The molecule has 1 unspecified atom stereocenters. The zero-order valence-electron chi connectivity index (χ0n) is 18.4. The molecule has 5 atom stereocenters. The average Bonchev–Trinajstić information content (AvgIpc) is 3.02. The van der Waals surface area contributed by atoms with Gasteiger partial charge in [-0.1, -0.05) is 30.3 Å². The highest BCUT2D eigenvalue weighted by Gasteiger charge is 2.41. The molecular weight excluding hydrogens is 380 g/mol. The first-order valence-electron chi connectivity index (χ1n) is 11.1. The van der Waals surface area contributed by atoms with E-state index in [1.165, 1.54) is 0 Å². The van der Waals surface area contributed by atoms with Crippen LogP contribution in [0, 0.1) is 5.92 Å². The minimum Gasteiger partial charge on any atom is -0.377 e. The van der Waals surface area contributed by atoms with Crippen LogP contribution in [0.1, 0.15) is 38.7 Å². The lowest BCUT2D eigenvalue weighted by Crippen LogP contribution is -2.56. The number of benzene rings is 1. The molecule has 0 bridgehead atoms. The predicted molar refractivity (Wildman–Crippen MR) is 117 cm³/mol. The molecule has 7 heteroatoms. The van der Waals surface area contributed by atoms with Crippen molar-refractivity contribution in [1.82, 2.24) is 20.4 Å². The standard InChI is InChI=1S/C23H36N4O3/c1-16(24-3)22(29)25-17(2)23(30)27-13-11-19-10-7-12-26(15-20(19)27)21(28)14-18-8-5-4-6-9-18/h4-6,8-9,16-17,19-20,22,24-25,29H,7,10-15H2,1-3H3/t16-,17-,19+,20+,22?/m0/s1. The number of hydrogen-bond donors (Lipinski definition) is 3. The fourth-order valence-corrected chi connectivity index (χ4v) is 4.62. The first-order valence-corrected chi connectivity index (χ1v) is 11.1. The number of carbonyl (C=O) groups is 2. The maximum absolute atomic E-state index is 13.2. The minimum atomic E-state index is -0.801. The summed E-state index contributed by atoms with van der Waals surface area (Å²) in [6.45, 7) is 5.74. The topological polar surface area (TPSA) is 84.9 Å². The minimum absolute atomic E-state index is 0.00205. The molecule has 7 nitrogen and oxygen atoms in total. The monoisotopic (exact) mass is 416 g/mol. The maximum atomic E-state index is 13.2. The lowest BCUT2D eigenvalue weighted by atomic mass is 9.96. The number of nitrogens with zero attached hydrogens (tertiary/aromatic N) is 2. The highest BCUT2D eigenvalue weighted by molar-refractivity contribution is 5.82. The molecule has 0 spiro atoms. The number of carbonyl (C=O) groups excluding carboxylic acids is 2. The van der Waals surface area contributed by atoms with Gasteiger partial charge in [0.1, 0.15) is 6.23 Å². The van der Waals surface area contributed by atoms with Gasteiger partial charge < -0.3 is 20.2 Å². The first-order chi connectivity index (χ1) is 14.4. The molecule has 1 aromatic carbocycles. The van der Waals surface area contributed by atoms with Gasteiger partial charge in [0.25, 0.3) is 0 Å². The zero-order valence-corrected chi connectivity index (χ0v) is 18.4. The number of hydrogen-bond acceptors (Lipinski definition) is 5. The predicted octanol–water partition coefficient (Wildman–Crippen LogP) is 0.973. The van der Waals surface area contributed by atoms with E-state index in [0.29, 0.717) is 18.9 Å². The van der Waals surface area contributed by atoms with Crippen LogP contribution in [0.5, 0.6) is 0 Å². The van der Waals surface area contributed by atoms with Crippen LogP contribution in [0.2, 0.25) is 0 Å². The van der Waals surface area contributed by atoms with E-state index >= 15 is 0 Å². The van der Waals surface area contributed by atoms with Crippen LogP contribution in [-0.2, 0) is 16.0 Å². The van der Waals surface area contributed by atoms with Crippen molar-refractivity contribution in [2.45, 2.75) is 63.9 Å². The van der Waals surface area contributed by atoms with Gasteiger partial charge in [-0.05, 0) is 51.6 Å². The smallest absolute Gasteiger partial charge is 0.239 e. The largest absolute Gasteiger partial charge is 0.377 e. The van der Waals surface area contributed by atoms with Crippen molar-refractivity contribution >= 4 is 11.8 Å². The van der Waals surface area contributed by atoms with Crippen LogP contribution in [0.25, 0.3) is 0 Å². The molecular formula is C23H36N4O3. The van der Waals surface area contributed by atoms with Gasteiger partial charge in [-0.3, -0.25) is 14.9 Å².